The molecule has 3 nitrogen and oxygen atoms in total. The summed E-state index contributed by atoms with van der Waals surface area (Å²) >= 11 is 14.5. The van der Waals surface area contributed by atoms with Crippen molar-refractivity contribution in [1.29, 1.82) is 0 Å². The lowest BCUT2D eigenvalue weighted by molar-refractivity contribution is 0.0907. The van der Waals surface area contributed by atoms with Gasteiger partial charge in [0, 0.05) is 9.50 Å². The van der Waals surface area contributed by atoms with Crippen LogP contribution in [-0.2, 0) is 0 Å². The first-order chi connectivity index (χ1) is 9.44. The molecule has 3 N–H and O–H groups in total. The Balaban J connectivity index is 2.24. The van der Waals surface area contributed by atoms with Crippen LogP contribution in [0.2, 0.25) is 5.02 Å². The Bertz CT molecular complexity index is 544. The Kier molecular flexibility index (Phi) is 5.04. The van der Waals surface area contributed by atoms with E-state index in [1.54, 1.807) is 18.2 Å². The molecule has 1 amide bonds. The third-order valence-electron chi connectivity index (χ3n) is 3.70. The average molecular weight is 376 g/mol. The molecule has 1 aromatic carbocycles. The van der Waals surface area contributed by atoms with Crippen LogP contribution in [0.15, 0.2) is 22.7 Å². The van der Waals surface area contributed by atoms with Crippen molar-refractivity contribution in [1.82, 2.24) is 5.32 Å². The number of thiocarbonyl (C=S) groups is 1. The summed E-state index contributed by atoms with van der Waals surface area (Å²) in [7, 11) is 0. The predicted molar refractivity (Wildman–Crippen MR) is 89.2 cm³/mol. The zero-order valence-electron chi connectivity index (χ0n) is 10.9. The molecule has 6 heteroatoms. The maximum atomic E-state index is 12.5. The van der Waals surface area contributed by atoms with E-state index in [2.05, 4.69) is 21.2 Å². The standard InChI is InChI=1S/C14H16BrClN2OS/c15-11-5-4-9(16)8-10(11)12(19)18-14(13(17)20)6-2-1-3-7-14/h4-5,8H,1-3,6-7H2,(H2,17,20)(H,18,19). The molecule has 1 saturated carbocycles. The highest BCUT2D eigenvalue weighted by atomic mass is 79.9. The van der Waals surface area contributed by atoms with Gasteiger partial charge in [-0.3, -0.25) is 4.79 Å². The van der Waals surface area contributed by atoms with E-state index < -0.39 is 5.54 Å². The zero-order chi connectivity index (χ0) is 14.8. The lowest BCUT2D eigenvalue weighted by atomic mass is 9.81. The van der Waals surface area contributed by atoms with Gasteiger partial charge < -0.3 is 11.1 Å². The van der Waals surface area contributed by atoms with Crippen LogP contribution in [0, 0.1) is 0 Å². The van der Waals surface area contributed by atoms with Gasteiger partial charge in [-0.05, 0) is 47.0 Å². The van der Waals surface area contributed by atoms with Crippen molar-refractivity contribution >= 4 is 50.6 Å². The van der Waals surface area contributed by atoms with Crippen molar-refractivity contribution < 1.29 is 4.79 Å². The van der Waals surface area contributed by atoms with Crippen molar-refractivity contribution in [2.45, 2.75) is 37.6 Å². The van der Waals surface area contributed by atoms with Gasteiger partial charge in [-0.1, -0.05) is 43.1 Å². The summed E-state index contributed by atoms with van der Waals surface area (Å²) in [6.07, 6.45) is 4.79. The number of nitrogens with two attached hydrogens (primary N) is 1. The molecule has 1 aliphatic carbocycles. The second-order valence-electron chi connectivity index (χ2n) is 5.09. The van der Waals surface area contributed by atoms with Crippen LogP contribution >= 0.6 is 39.7 Å². The number of rotatable bonds is 3. The molecule has 0 aromatic heterocycles. The minimum atomic E-state index is -0.563. The Labute approximate surface area is 137 Å². The van der Waals surface area contributed by atoms with E-state index in [0.29, 0.717) is 20.0 Å². The maximum Gasteiger partial charge on any atom is 0.253 e. The fraction of sp³-hybridized carbons (Fsp3) is 0.429. The predicted octanol–water partition coefficient (Wildman–Crippen LogP) is 3.82. The molecule has 0 saturated heterocycles. The summed E-state index contributed by atoms with van der Waals surface area (Å²) in [6, 6.07) is 5.12. The van der Waals surface area contributed by atoms with E-state index in [-0.39, 0.29) is 5.91 Å². The normalized spacial score (nSPS) is 17.5. The largest absolute Gasteiger partial charge is 0.391 e. The monoisotopic (exact) mass is 374 g/mol. The molecule has 0 radical (unpaired) electrons. The summed E-state index contributed by atoms with van der Waals surface area (Å²) in [6.45, 7) is 0. The lowest BCUT2D eigenvalue weighted by Gasteiger charge is -2.37. The van der Waals surface area contributed by atoms with Crippen LogP contribution in [0.3, 0.4) is 0 Å². The number of halogens is 2. The van der Waals surface area contributed by atoms with E-state index >= 15 is 0 Å². The maximum absolute atomic E-state index is 12.5. The van der Waals surface area contributed by atoms with E-state index in [9.17, 15) is 4.79 Å². The second-order valence-corrected chi connectivity index (χ2v) is 6.82. The molecular weight excluding hydrogens is 360 g/mol. The molecule has 1 fully saturated rings. The molecule has 0 aliphatic heterocycles. The zero-order valence-corrected chi connectivity index (χ0v) is 14.1. The number of carbonyl (C=O) groups excluding carboxylic acids is 1. The second kappa shape index (κ2) is 6.41. The van der Waals surface area contributed by atoms with Gasteiger partial charge in [0.05, 0.1) is 16.1 Å². The Morgan fingerprint density at radius 3 is 2.60 bits per heavy atom. The first-order valence-electron chi connectivity index (χ1n) is 6.52. The van der Waals surface area contributed by atoms with Crippen LogP contribution in [0.5, 0.6) is 0 Å². The molecule has 0 heterocycles. The summed E-state index contributed by atoms with van der Waals surface area (Å²) in [5.74, 6) is -0.200. The van der Waals surface area contributed by atoms with Crippen LogP contribution in [0.4, 0.5) is 0 Å². The van der Waals surface area contributed by atoms with Crippen molar-refractivity contribution in [2.24, 2.45) is 5.73 Å². The Morgan fingerprint density at radius 2 is 2.00 bits per heavy atom. The van der Waals surface area contributed by atoms with Crippen molar-refractivity contribution in [2.75, 3.05) is 0 Å². The molecule has 0 unspecified atom stereocenters. The lowest BCUT2D eigenvalue weighted by Crippen LogP contribution is -2.57. The minimum Gasteiger partial charge on any atom is -0.391 e. The number of nitrogens with one attached hydrogen (secondary N) is 1. The van der Waals surface area contributed by atoms with E-state index in [1.165, 1.54) is 0 Å². The van der Waals surface area contributed by atoms with Gasteiger partial charge in [0.2, 0.25) is 0 Å². The van der Waals surface area contributed by atoms with Gasteiger partial charge >= 0.3 is 0 Å². The minimum absolute atomic E-state index is 0.200. The smallest absolute Gasteiger partial charge is 0.253 e. The molecular formula is C14H16BrClN2OS. The number of carbonyl (C=O) groups is 1. The molecule has 0 spiro atoms. The van der Waals surface area contributed by atoms with Gasteiger partial charge in [0.1, 0.15) is 0 Å². The highest BCUT2D eigenvalue weighted by molar-refractivity contribution is 9.10. The Morgan fingerprint density at radius 1 is 1.35 bits per heavy atom. The number of benzene rings is 1. The molecule has 1 aliphatic rings. The first kappa shape index (κ1) is 15.7. The number of hydrogen-bond acceptors (Lipinski definition) is 2. The highest BCUT2D eigenvalue weighted by Gasteiger charge is 2.36. The summed E-state index contributed by atoms with van der Waals surface area (Å²) in [5.41, 5.74) is 5.81. The fourth-order valence-corrected chi connectivity index (χ4v) is 3.40. The number of hydrogen-bond donors (Lipinski definition) is 2. The van der Waals surface area contributed by atoms with E-state index in [1.807, 2.05) is 0 Å². The first-order valence-corrected chi connectivity index (χ1v) is 8.10. The van der Waals surface area contributed by atoms with Crippen LogP contribution in [0.1, 0.15) is 42.5 Å². The Hall–Kier alpha value is -0.650. The third-order valence-corrected chi connectivity index (χ3v) is 5.02. The summed E-state index contributed by atoms with van der Waals surface area (Å²) in [4.78, 5) is 12.8. The summed E-state index contributed by atoms with van der Waals surface area (Å²) < 4.78 is 0.702. The van der Waals surface area contributed by atoms with E-state index in [0.717, 1.165) is 32.1 Å². The van der Waals surface area contributed by atoms with Gasteiger partial charge in [-0.25, -0.2) is 0 Å². The van der Waals surface area contributed by atoms with Crippen molar-refractivity contribution in [3.05, 3.63) is 33.3 Å². The number of amides is 1. The molecule has 0 bridgehead atoms. The highest BCUT2D eigenvalue weighted by Crippen LogP contribution is 2.30. The van der Waals surface area contributed by atoms with Gasteiger partial charge in [0.25, 0.3) is 5.91 Å². The van der Waals surface area contributed by atoms with Gasteiger partial charge in [-0.2, -0.15) is 0 Å². The average Bonchev–Trinajstić information content (AvgIpc) is 2.42. The van der Waals surface area contributed by atoms with Crippen LogP contribution in [0.25, 0.3) is 0 Å². The molecule has 108 valence electrons. The van der Waals surface area contributed by atoms with Gasteiger partial charge in [-0.15, -0.1) is 0 Å². The van der Waals surface area contributed by atoms with Crippen molar-refractivity contribution in [3.63, 3.8) is 0 Å². The molecule has 1 aromatic rings. The van der Waals surface area contributed by atoms with Crippen molar-refractivity contribution in [3.8, 4) is 0 Å². The van der Waals surface area contributed by atoms with Crippen LogP contribution < -0.4 is 11.1 Å². The van der Waals surface area contributed by atoms with E-state index in [4.69, 9.17) is 29.6 Å². The third kappa shape index (κ3) is 3.32. The van der Waals surface area contributed by atoms with Crippen LogP contribution in [-0.4, -0.2) is 16.4 Å². The molecule has 0 atom stereocenters. The molecule has 2 rings (SSSR count). The topological polar surface area (TPSA) is 55.1 Å². The quantitative estimate of drug-likeness (QED) is 0.790. The SMILES string of the molecule is NC(=S)C1(NC(=O)c2cc(Cl)ccc2Br)CCCCC1. The summed E-state index contributed by atoms with van der Waals surface area (Å²) in [5, 5.41) is 3.54. The fourth-order valence-electron chi connectivity index (χ4n) is 2.54. The van der Waals surface area contributed by atoms with Gasteiger partial charge in [0.15, 0.2) is 0 Å². The molecule has 20 heavy (non-hydrogen) atoms.